The summed E-state index contributed by atoms with van der Waals surface area (Å²) in [6.07, 6.45) is 5.29. The number of nitrogens with zero attached hydrogens (tertiary/aromatic N) is 1. The Labute approximate surface area is 121 Å². The molecule has 0 bridgehead atoms. The van der Waals surface area contributed by atoms with Crippen molar-refractivity contribution >= 4 is 17.8 Å². The van der Waals surface area contributed by atoms with Crippen LogP contribution in [0.25, 0.3) is 0 Å². The Morgan fingerprint density at radius 3 is 2.65 bits per heavy atom. The second-order valence-electron chi connectivity index (χ2n) is 5.36. The van der Waals surface area contributed by atoms with Crippen molar-refractivity contribution in [3.8, 4) is 0 Å². The highest BCUT2D eigenvalue weighted by Crippen LogP contribution is 2.43. The summed E-state index contributed by atoms with van der Waals surface area (Å²) >= 11 is 1.51. The maximum absolute atomic E-state index is 14.2. The van der Waals surface area contributed by atoms with Crippen molar-refractivity contribution < 1.29 is 13.9 Å². The van der Waals surface area contributed by atoms with Gasteiger partial charge in [-0.15, -0.1) is 11.8 Å². The molecule has 3 nitrogen and oxygen atoms in total. The first-order valence-corrected chi connectivity index (χ1v) is 7.75. The number of rotatable bonds is 4. The molecule has 5 heteroatoms. The molecule has 0 radical (unpaired) electrons. The lowest BCUT2D eigenvalue weighted by molar-refractivity contribution is 0.0455. The van der Waals surface area contributed by atoms with E-state index in [-0.39, 0.29) is 5.82 Å². The van der Waals surface area contributed by atoms with E-state index in [1.807, 2.05) is 6.07 Å². The topological polar surface area (TPSA) is 38.7 Å². The molecule has 20 heavy (non-hydrogen) atoms. The van der Waals surface area contributed by atoms with Crippen LogP contribution in [0.5, 0.6) is 0 Å². The zero-order valence-electron chi connectivity index (χ0n) is 11.1. The molecule has 1 saturated carbocycles. The van der Waals surface area contributed by atoms with E-state index in [0.717, 1.165) is 31.2 Å². The fraction of sp³-hybridized carbons (Fsp3) is 0.533. The van der Waals surface area contributed by atoms with Gasteiger partial charge in [-0.25, -0.2) is 9.18 Å². The highest BCUT2D eigenvalue weighted by molar-refractivity contribution is 8.00. The first kappa shape index (κ1) is 13.8. The van der Waals surface area contributed by atoms with Crippen LogP contribution in [-0.2, 0) is 15.1 Å². The van der Waals surface area contributed by atoms with E-state index in [1.54, 1.807) is 12.1 Å². The Balaban J connectivity index is 1.86. The fourth-order valence-electron chi connectivity index (χ4n) is 2.86. The molecule has 2 aliphatic rings. The molecule has 3 rings (SSSR count). The van der Waals surface area contributed by atoms with E-state index < -0.39 is 5.54 Å². The van der Waals surface area contributed by atoms with Crippen LogP contribution in [0.1, 0.15) is 31.2 Å². The van der Waals surface area contributed by atoms with Gasteiger partial charge in [-0.2, -0.15) is 4.99 Å². The predicted octanol–water partition coefficient (Wildman–Crippen LogP) is 3.42. The third kappa shape index (κ3) is 2.53. The summed E-state index contributed by atoms with van der Waals surface area (Å²) < 4.78 is 19.3. The van der Waals surface area contributed by atoms with Gasteiger partial charge in [-0.1, -0.05) is 18.9 Å². The van der Waals surface area contributed by atoms with Gasteiger partial charge in [0, 0.05) is 4.90 Å². The zero-order valence-corrected chi connectivity index (χ0v) is 11.9. The van der Waals surface area contributed by atoms with Crippen molar-refractivity contribution in [2.75, 3.05) is 13.2 Å². The third-order valence-corrected chi connectivity index (χ3v) is 5.25. The molecule has 0 unspecified atom stereocenters. The largest absolute Gasteiger partial charge is 0.379 e. The summed E-state index contributed by atoms with van der Waals surface area (Å²) in [7, 11) is 0. The molecule has 1 aromatic carbocycles. The van der Waals surface area contributed by atoms with Gasteiger partial charge in [0.25, 0.3) is 0 Å². The van der Waals surface area contributed by atoms with Crippen LogP contribution in [0.3, 0.4) is 0 Å². The summed E-state index contributed by atoms with van der Waals surface area (Å²) in [5.41, 5.74) is 0.246. The summed E-state index contributed by atoms with van der Waals surface area (Å²) in [6.45, 7) is 1.37. The highest BCUT2D eigenvalue weighted by Gasteiger charge is 2.36. The average molecular weight is 293 g/mol. The normalized spacial score (nSPS) is 21.2. The first-order chi connectivity index (χ1) is 9.73. The van der Waals surface area contributed by atoms with E-state index in [4.69, 9.17) is 4.74 Å². The lowest BCUT2D eigenvalue weighted by Crippen LogP contribution is -2.30. The van der Waals surface area contributed by atoms with Crippen LogP contribution < -0.4 is 0 Å². The van der Waals surface area contributed by atoms with Gasteiger partial charge in [0.05, 0.1) is 24.0 Å². The average Bonchev–Trinajstić information content (AvgIpc) is 2.85. The van der Waals surface area contributed by atoms with E-state index in [0.29, 0.717) is 23.4 Å². The molecule has 1 heterocycles. The molecule has 0 amide bonds. The van der Waals surface area contributed by atoms with Crippen molar-refractivity contribution in [1.82, 2.24) is 0 Å². The monoisotopic (exact) mass is 293 g/mol. The molecule has 1 aromatic rings. The summed E-state index contributed by atoms with van der Waals surface area (Å²) in [5, 5.41) is 0.351. The molecule has 0 atom stereocenters. The Bertz CT molecular complexity index is 547. The molecule has 2 fully saturated rings. The fourth-order valence-corrected chi connectivity index (χ4v) is 3.87. The lowest BCUT2D eigenvalue weighted by Gasteiger charge is -2.26. The molecule has 1 aliphatic carbocycles. The van der Waals surface area contributed by atoms with Gasteiger partial charge in [0.1, 0.15) is 5.82 Å². The molecule has 106 valence electrons. The number of hydrogen-bond acceptors (Lipinski definition) is 4. The quantitative estimate of drug-likeness (QED) is 0.630. The van der Waals surface area contributed by atoms with E-state index >= 15 is 0 Å². The number of aliphatic imine (C=N–C) groups is 1. The number of benzene rings is 1. The Morgan fingerprint density at radius 1 is 1.35 bits per heavy atom. The maximum atomic E-state index is 14.2. The van der Waals surface area contributed by atoms with Gasteiger partial charge in [0.2, 0.25) is 6.08 Å². The molecule has 0 N–H and O–H groups in total. The van der Waals surface area contributed by atoms with Crippen molar-refractivity contribution in [1.29, 1.82) is 0 Å². The predicted molar refractivity (Wildman–Crippen MR) is 75.1 cm³/mol. The second kappa shape index (κ2) is 5.68. The van der Waals surface area contributed by atoms with Crippen LogP contribution >= 0.6 is 11.8 Å². The van der Waals surface area contributed by atoms with Gasteiger partial charge in [-0.05, 0) is 30.5 Å². The Hall–Kier alpha value is -1.16. The highest BCUT2D eigenvalue weighted by atomic mass is 32.2. The molecule has 1 aliphatic heterocycles. The molecular weight excluding hydrogens is 277 g/mol. The minimum absolute atomic E-state index is 0.230. The van der Waals surface area contributed by atoms with Gasteiger partial charge in [0.15, 0.2) is 0 Å². The first-order valence-electron chi connectivity index (χ1n) is 6.87. The Morgan fingerprint density at radius 2 is 2.10 bits per heavy atom. The number of halogens is 1. The van der Waals surface area contributed by atoms with Crippen LogP contribution in [0.15, 0.2) is 28.1 Å². The van der Waals surface area contributed by atoms with Crippen molar-refractivity contribution in [3.05, 3.63) is 29.6 Å². The van der Waals surface area contributed by atoms with Crippen molar-refractivity contribution in [2.45, 2.75) is 41.4 Å². The summed E-state index contributed by atoms with van der Waals surface area (Å²) in [5.74, 6) is -0.230. The van der Waals surface area contributed by atoms with Crippen LogP contribution in [-0.4, -0.2) is 24.5 Å². The standard InChI is InChI=1S/C15H16FNO2S/c16-13-7-11(15(17-10-18)5-1-2-6-15)3-4-14(13)20-12-8-19-9-12/h3-4,7,12H,1-2,5-6,8-9H2. The molecule has 0 spiro atoms. The SMILES string of the molecule is O=C=NC1(c2ccc(SC3COC3)c(F)c2)CCCC1. The minimum atomic E-state index is -0.550. The maximum Gasteiger partial charge on any atom is 0.235 e. The summed E-state index contributed by atoms with van der Waals surface area (Å²) in [6, 6.07) is 5.24. The Kier molecular flexibility index (Phi) is 3.92. The van der Waals surface area contributed by atoms with Crippen LogP contribution in [0, 0.1) is 5.82 Å². The lowest BCUT2D eigenvalue weighted by atomic mass is 9.89. The smallest absolute Gasteiger partial charge is 0.235 e. The van der Waals surface area contributed by atoms with Crippen LogP contribution in [0.4, 0.5) is 4.39 Å². The van der Waals surface area contributed by atoms with Crippen molar-refractivity contribution in [2.24, 2.45) is 4.99 Å². The van der Waals surface area contributed by atoms with Crippen molar-refractivity contribution in [3.63, 3.8) is 0 Å². The molecule has 1 saturated heterocycles. The minimum Gasteiger partial charge on any atom is -0.379 e. The number of carbonyl (C=O) groups excluding carboxylic acids is 1. The van der Waals surface area contributed by atoms with Crippen LogP contribution in [0.2, 0.25) is 0 Å². The second-order valence-corrected chi connectivity index (χ2v) is 6.71. The molecule has 0 aromatic heterocycles. The van der Waals surface area contributed by atoms with E-state index in [9.17, 15) is 9.18 Å². The van der Waals surface area contributed by atoms with E-state index in [1.165, 1.54) is 17.8 Å². The van der Waals surface area contributed by atoms with Gasteiger partial charge >= 0.3 is 0 Å². The van der Waals surface area contributed by atoms with Gasteiger partial charge in [-0.3, -0.25) is 0 Å². The third-order valence-electron chi connectivity index (χ3n) is 4.06. The number of ether oxygens (including phenoxy) is 1. The number of hydrogen-bond donors (Lipinski definition) is 0. The number of thioether (sulfide) groups is 1. The van der Waals surface area contributed by atoms with E-state index in [2.05, 4.69) is 4.99 Å². The number of isocyanates is 1. The summed E-state index contributed by atoms with van der Waals surface area (Å²) in [4.78, 5) is 15.3. The van der Waals surface area contributed by atoms with Gasteiger partial charge < -0.3 is 4.74 Å². The molecular formula is C15H16FNO2S. The zero-order chi connectivity index (χ0) is 14.0.